The maximum absolute atomic E-state index is 5.04. The highest BCUT2D eigenvalue weighted by Crippen LogP contribution is 2.49. The summed E-state index contributed by atoms with van der Waals surface area (Å²) in [4.78, 5) is 14.9. The lowest BCUT2D eigenvalue weighted by molar-refractivity contribution is 0.258. The van der Waals surface area contributed by atoms with Crippen molar-refractivity contribution in [2.75, 3.05) is 5.75 Å². The summed E-state index contributed by atoms with van der Waals surface area (Å²) in [6.07, 6.45) is 3.04. The summed E-state index contributed by atoms with van der Waals surface area (Å²) in [6.45, 7) is 4.45. The molecule has 5 heteroatoms. The quantitative estimate of drug-likeness (QED) is 0.834. The molecule has 0 spiro atoms. The lowest BCUT2D eigenvalue weighted by atomic mass is 10.0. The van der Waals surface area contributed by atoms with Gasteiger partial charge in [0.1, 0.15) is 6.04 Å². The molecule has 0 unspecified atom stereocenters. The number of fused-ring (bicyclic) bond motifs is 1. The van der Waals surface area contributed by atoms with Gasteiger partial charge in [0.2, 0.25) is 0 Å². The Morgan fingerprint density at radius 1 is 1.27 bits per heavy atom. The van der Waals surface area contributed by atoms with Crippen molar-refractivity contribution in [2.45, 2.75) is 38.4 Å². The molecule has 3 atom stereocenters. The third kappa shape index (κ3) is 2.27. The molecule has 0 radical (unpaired) electrons. The number of thioether (sulfide) groups is 1. The van der Waals surface area contributed by atoms with Gasteiger partial charge in [0, 0.05) is 27.7 Å². The van der Waals surface area contributed by atoms with Crippen molar-refractivity contribution < 1.29 is 0 Å². The summed E-state index contributed by atoms with van der Waals surface area (Å²) in [5, 5.41) is 1.21. The first-order chi connectivity index (χ1) is 10.8. The third-order valence-electron chi connectivity index (χ3n) is 4.38. The Labute approximate surface area is 139 Å². The molecular weight excluding hydrogens is 310 g/mol. The van der Waals surface area contributed by atoms with Crippen molar-refractivity contribution in [1.82, 2.24) is 9.88 Å². The highest BCUT2D eigenvalue weighted by Gasteiger charge is 2.45. The minimum atomic E-state index is 0.121. The van der Waals surface area contributed by atoms with E-state index in [0.29, 0.717) is 12.1 Å². The van der Waals surface area contributed by atoms with Gasteiger partial charge in [0.25, 0.3) is 0 Å². The number of aliphatic imine (C=N–C) groups is 1. The van der Waals surface area contributed by atoms with E-state index in [1.54, 1.807) is 0 Å². The summed E-state index contributed by atoms with van der Waals surface area (Å²) in [5.74, 6) is 1.16. The van der Waals surface area contributed by atoms with E-state index in [1.807, 2.05) is 35.4 Å². The van der Waals surface area contributed by atoms with Crippen LogP contribution in [0.15, 0.2) is 41.5 Å². The van der Waals surface area contributed by atoms with E-state index in [9.17, 15) is 0 Å². The number of nitrogens with zero attached hydrogens (tertiary/aromatic N) is 3. The smallest absolute Gasteiger partial charge is 0.160 e. The zero-order valence-electron chi connectivity index (χ0n) is 12.8. The molecule has 0 amide bonds. The van der Waals surface area contributed by atoms with Crippen LogP contribution < -0.4 is 0 Å². The monoisotopic (exact) mass is 329 g/mol. The fourth-order valence-electron chi connectivity index (χ4n) is 3.27. The van der Waals surface area contributed by atoms with E-state index in [4.69, 9.17) is 4.99 Å². The maximum Gasteiger partial charge on any atom is 0.160 e. The Morgan fingerprint density at radius 3 is 2.86 bits per heavy atom. The first-order valence-electron chi connectivity index (χ1n) is 7.74. The second-order valence-electron chi connectivity index (χ2n) is 5.78. The lowest BCUT2D eigenvalue weighted by Gasteiger charge is -2.30. The first kappa shape index (κ1) is 14.3. The highest BCUT2D eigenvalue weighted by atomic mass is 32.2. The Hall–Kier alpha value is -1.33. The standard InChI is InChI=1S/C17H19N3S2/c1-3-12-10-21-17-19-15(13-6-4-5-9-18-13)16(20(12)17)14-8-7-11(2)22-14/h4-9,12,15-16H,3,10H2,1-2H3/t12-,15-,16+/m0/s1. The minimum absolute atomic E-state index is 0.121. The van der Waals surface area contributed by atoms with E-state index >= 15 is 0 Å². The number of pyridine rings is 1. The molecular formula is C17H19N3S2. The SMILES string of the molecule is CC[C@H]1CSC2=N[C@@H](c3ccccn3)[C@@H](c3ccc(C)s3)N21. The van der Waals surface area contributed by atoms with Gasteiger partial charge in [-0.25, -0.2) is 0 Å². The van der Waals surface area contributed by atoms with Crippen LogP contribution in [-0.2, 0) is 0 Å². The Bertz CT molecular complexity index is 695. The topological polar surface area (TPSA) is 28.5 Å². The lowest BCUT2D eigenvalue weighted by Crippen LogP contribution is -2.34. The van der Waals surface area contributed by atoms with E-state index in [-0.39, 0.29) is 6.04 Å². The largest absolute Gasteiger partial charge is 0.337 e. The molecule has 22 heavy (non-hydrogen) atoms. The van der Waals surface area contributed by atoms with Crippen molar-refractivity contribution in [3.8, 4) is 0 Å². The normalized spacial score (nSPS) is 27.1. The minimum Gasteiger partial charge on any atom is -0.337 e. The molecule has 0 N–H and O–H groups in total. The summed E-state index contributed by atoms with van der Waals surface area (Å²) >= 11 is 3.79. The van der Waals surface area contributed by atoms with Crippen molar-refractivity contribution in [1.29, 1.82) is 0 Å². The van der Waals surface area contributed by atoms with Gasteiger partial charge in [0.05, 0.1) is 11.7 Å². The summed E-state index contributed by atoms with van der Waals surface area (Å²) < 4.78 is 0. The highest BCUT2D eigenvalue weighted by molar-refractivity contribution is 8.14. The molecule has 1 fully saturated rings. The van der Waals surface area contributed by atoms with Gasteiger partial charge in [-0.15, -0.1) is 11.3 Å². The van der Waals surface area contributed by atoms with Gasteiger partial charge in [-0.05, 0) is 37.6 Å². The number of rotatable bonds is 3. The van der Waals surface area contributed by atoms with Crippen LogP contribution in [0.4, 0.5) is 0 Å². The molecule has 0 aromatic carbocycles. The number of aryl methyl sites for hydroxylation is 1. The number of hydrogen-bond acceptors (Lipinski definition) is 5. The molecule has 2 aliphatic rings. The number of aromatic nitrogens is 1. The van der Waals surface area contributed by atoms with Gasteiger partial charge in [0.15, 0.2) is 5.17 Å². The number of thiophene rings is 1. The van der Waals surface area contributed by atoms with Gasteiger partial charge in [-0.2, -0.15) is 0 Å². The van der Waals surface area contributed by atoms with Gasteiger partial charge < -0.3 is 4.90 Å². The van der Waals surface area contributed by atoms with E-state index in [1.165, 1.54) is 21.3 Å². The number of amidine groups is 1. The van der Waals surface area contributed by atoms with Gasteiger partial charge in [-0.3, -0.25) is 9.98 Å². The molecule has 2 aromatic rings. The summed E-state index contributed by atoms with van der Waals surface area (Å²) in [5.41, 5.74) is 1.08. The second-order valence-corrected chi connectivity index (χ2v) is 8.09. The zero-order valence-corrected chi connectivity index (χ0v) is 14.4. The molecule has 2 aromatic heterocycles. The van der Waals surface area contributed by atoms with Gasteiger partial charge >= 0.3 is 0 Å². The molecule has 114 valence electrons. The third-order valence-corrected chi connectivity index (χ3v) is 6.58. The predicted octanol–water partition coefficient (Wildman–Crippen LogP) is 4.43. The zero-order chi connectivity index (χ0) is 15.1. The van der Waals surface area contributed by atoms with Crippen LogP contribution in [0.2, 0.25) is 0 Å². The van der Waals surface area contributed by atoms with Crippen LogP contribution in [0.5, 0.6) is 0 Å². The molecule has 4 rings (SSSR count). The van der Waals surface area contributed by atoms with Crippen LogP contribution in [-0.4, -0.2) is 26.8 Å². The van der Waals surface area contributed by atoms with Crippen LogP contribution >= 0.6 is 23.1 Å². The van der Waals surface area contributed by atoms with E-state index in [2.05, 4.69) is 48.0 Å². The average molecular weight is 329 g/mol. The fourth-order valence-corrected chi connectivity index (χ4v) is 5.62. The Kier molecular flexibility index (Phi) is 3.70. The number of hydrogen-bond donors (Lipinski definition) is 0. The van der Waals surface area contributed by atoms with E-state index in [0.717, 1.165) is 11.4 Å². The van der Waals surface area contributed by atoms with Crippen molar-refractivity contribution in [3.05, 3.63) is 52.0 Å². The fraction of sp³-hybridized carbons (Fsp3) is 0.412. The molecule has 3 nitrogen and oxygen atoms in total. The van der Waals surface area contributed by atoms with Crippen molar-refractivity contribution in [3.63, 3.8) is 0 Å². The molecule has 0 saturated carbocycles. The Morgan fingerprint density at radius 2 is 2.18 bits per heavy atom. The Balaban J connectivity index is 1.78. The molecule has 0 aliphatic carbocycles. The molecule has 2 aliphatic heterocycles. The van der Waals surface area contributed by atoms with Gasteiger partial charge in [-0.1, -0.05) is 24.8 Å². The maximum atomic E-state index is 5.04. The van der Waals surface area contributed by atoms with Crippen molar-refractivity contribution >= 4 is 28.3 Å². The second kappa shape index (κ2) is 5.70. The average Bonchev–Trinajstić information content (AvgIpc) is 3.22. The summed E-state index contributed by atoms with van der Waals surface area (Å²) in [7, 11) is 0. The van der Waals surface area contributed by atoms with E-state index < -0.39 is 0 Å². The van der Waals surface area contributed by atoms with Crippen LogP contribution in [0.25, 0.3) is 0 Å². The predicted molar refractivity (Wildman–Crippen MR) is 94.6 cm³/mol. The van der Waals surface area contributed by atoms with Crippen LogP contribution in [0, 0.1) is 6.92 Å². The summed E-state index contributed by atoms with van der Waals surface area (Å²) in [6, 6.07) is 11.7. The molecule has 4 heterocycles. The van der Waals surface area contributed by atoms with Crippen molar-refractivity contribution in [2.24, 2.45) is 4.99 Å². The first-order valence-corrected chi connectivity index (χ1v) is 9.54. The van der Waals surface area contributed by atoms with Crippen LogP contribution in [0.1, 0.15) is 40.9 Å². The molecule has 1 saturated heterocycles. The molecule has 0 bridgehead atoms. The van der Waals surface area contributed by atoms with Crippen LogP contribution in [0.3, 0.4) is 0 Å².